The Morgan fingerprint density at radius 1 is 1.12 bits per heavy atom. The van der Waals surface area contributed by atoms with E-state index in [1.165, 1.54) is 12.1 Å². The fraction of sp³-hybridized carbons (Fsp3) is 0.208. The number of rotatable bonds is 7. The topological polar surface area (TPSA) is 91.4 Å². The molecule has 0 saturated heterocycles. The molecular formula is C24H23FN4O4. The maximum atomic E-state index is 13.2. The van der Waals surface area contributed by atoms with Crippen LogP contribution in [-0.2, 0) is 0 Å². The standard InChI is InChI=1S/C24H23FN4O4/c1-14(20-13-26-29(15(20)2)17-7-5-16(25)6-8-17)27-24(30)21-12-23(33-28-21)19-11-18(31-3)9-10-22(19)32-4/h5-14H,1-4H3,(H,27,30). The largest absolute Gasteiger partial charge is 0.497 e. The number of ether oxygens (including phenoxy) is 2. The van der Waals surface area contributed by atoms with Crippen molar-refractivity contribution in [1.82, 2.24) is 20.3 Å². The van der Waals surface area contributed by atoms with Crippen molar-refractivity contribution in [3.63, 3.8) is 0 Å². The molecule has 0 bridgehead atoms. The summed E-state index contributed by atoms with van der Waals surface area (Å²) in [6.45, 7) is 3.74. The number of amides is 1. The van der Waals surface area contributed by atoms with Crippen molar-refractivity contribution in [2.45, 2.75) is 19.9 Å². The summed E-state index contributed by atoms with van der Waals surface area (Å²) in [6.07, 6.45) is 1.68. The Hall–Kier alpha value is -4.14. The van der Waals surface area contributed by atoms with Crippen LogP contribution in [0.1, 0.15) is 34.7 Å². The number of halogens is 1. The van der Waals surface area contributed by atoms with E-state index in [1.54, 1.807) is 61.5 Å². The molecule has 2 heterocycles. The first-order valence-electron chi connectivity index (χ1n) is 10.2. The molecule has 0 radical (unpaired) electrons. The molecule has 0 aliphatic carbocycles. The van der Waals surface area contributed by atoms with E-state index in [0.29, 0.717) is 22.8 Å². The molecule has 2 aromatic heterocycles. The van der Waals surface area contributed by atoms with Crippen molar-refractivity contribution in [1.29, 1.82) is 0 Å². The molecule has 0 aliphatic rings. The Morgan fingerprint density at radius 3 is 2.58 bits per heavy atom. The van der Waals surface area contributed by atoms with Crippen molar-refractivity contribution in [3.05, 3.63) is 77.5 Å². The molecule has 2 aromatic carbocycles. The summed E-state index contributed by atoms with van der Waals surface area (Å²) in [5, 5.41) is 11.2. The highest BCUT2D eigenvalue weighted by Crippen LogP contribution is 2.34. The number of hydrogen-bond donors (Lipinski definition) is 1. The first kappa shape index (κ1) is 22.1. The Bertz CT molecular complexity index is 1280. The van der Waals surface area contributed by atoms with Gasteiger partial charge in [0.05, 0.1) is 37.7 Å². The van der Waals surface area contributed by atoms with Gasteiger partial charge in [-0.2, -0.15) is 5.10 Å². The molecule has 0 spiro atoms. The molecule has 0 fully saturated rings. The van der Waals surface area contributed by atoms with Crippen LogP contribution < -0.4 is 14.8 Å². The monoisotopic (exact) mass is 450 g/mol. The minimum absolute atomic E-state index is 0.130. The molecule has 1 amide bonds. The van der Waals surface area contributed by atoms with Gasteiger partial charge in [0, 0.05) is 17.3 Å². The number of aromatic nitrogens is 3. The number of nitrogens with zero attached hydrogens (tertiary/aromatic N) is 3. The van der Waals surface area contributed by atoms with E-state index in [9.17, 15) is 9.18 Å². The lowest BCUT2D eigenvalue weighted by molar-refractivity contribution is 0.0930. The van der Waals surface area contributed by atoms with Crippen LogP contribution in [0.2, 0.25) is 0 Å². The van der Waals surface area contributed by atoms with Crippen LogP contribution in [-0.4, -0.2) is 35.1 Å². The molecule has 0 saturated carbocycles. The third-order valence-electron chi connectivity index (χ3n) is 5.35. The minimum atomic E-state index is -0.395. The number of carbonyl (C=O) groups is 1. The van der Waals surface area contributed by atoms with Gasteiger partial charge in [-0.1, -0.05) is 5.16 Å². The Balaban J connectivity index is 1.52. The van der Waals surface area contributed by atoms with Crippen LogP contribution in [0.5, 0.6) is 11.5 Å². The maximum Gasteiger partial charge on any atom is 0.273 e. The summed E-state index contributed by atoms with van der Waals surface area (Å²) >= 11 is 0. The van der Waals surface area contributed by atoms with Gasteiger partial charge in [-0.05, 0) is 56.3 Å². The Kier molecular flexibility index (Phi) is 6.12. The summed E-state index contributed by atoms with van der Waals surface area (Å²) in [7, 11) is 3.11. The van der Waals surface area contributed by atoms with Crippen molar-refractivity contribution in [3.8, 4) is 28.5 Å². The smallest absolute Gasteiger partial charge is 0.273 e. The highest BCUT2D eigenvalue weighted by molar-refractivity contribution is 5.93. The van der Waals surface area contributed by atoms with E-state index < -0.39 is 5.91 Å². The van der Waals surface area contributed by atoms with Gasteiger partial charge in [-0.3, -0.25) is 4.79 Å². The van der Waals surface area contributed by atoms with Crippen LogP contribution in [0.25, 0.3) is 17.0 Å². The molecule has 1 N–H and O–H groups in total. The molecule has 4 aromatic rings. The highest BCUT2D eigenvalue weighted by Gasteiger charge is 2.21. The third kappa shape index (κ3) is 4.43. The number of nitrogens with one attached hydrogen (secondary N) is 1. The molecular weight excluding hydrogens is 427 g/mol. The predicted octanol–water partition coefficient (Wildman–Crippen LogP) is 4.48. The van der Waals surface area contributed by atoms with Gasteiger partial charge in [-0.15, -0.1) is 0 Å². The fourth-order valence-electron chi connectivity index (χ4n) is 3.55. The summed E-state index contributed by atoms with van der Waals surface area (Å²) in [5.74, 6) is 0.853. The second-order valence-corrected chi connectivity index (χ2v) is 7.41. The summed E-state index contributed by atoms with van der Waals surface area (Å²) < 4.78 is 31.0. The zero-order chi connectivity index (χ0) is 23.5. The summed E-state index contributed by atoms with van der Waals surface area (Å²) in [6, 6.07) is 12.5. The van der Waals surface area contributed by atoms with E-state index in [0.717, 1.165) is 16.9 Å². The van der Waals surface area contributed by atoms with E-state index in [4.69, 9.17) is 14.0 Å². The third-order valence-corrected chi connectivity index (χ3v) is 5.35. The van der Waals surface area contributed by atoms with Crippen LogP contribution in [0.15, 0.2) is 59.3 Å². The second kappa shape index (κ2) is 9.15. The Labute approximate surface area is 189 Å². The lowest BCUT2D eigenvalue weighted by Gasteiger charge is -2.13. The summed E-state index contributed by atoms with van der Waals surface area (Å²) in [4.78, 5) is 12.8. The van der Waals surface area contributed by atoms with Crippen LogP contribution in [0.4, 0.5) is 4.39 Å². The normalized spacial score (nSPS) is 11.8. The lowest BCUT2D eigenvalue weighted by Crippen LogP contribution is -2.27. The lowest BCUT2D eigenvalue weighted by atomic mass is 10.1. The summed E-state index contributed by atoms with van der Waals surface area (Å²) in [5.41, 5.74) is 3.13. The maximum absolute atomic E-state index is 13.2. The van der Waals surface area contributed by atoms with Crippen LogP contribution in [0, 0.1) is 12.7 Å². The molecule has 9 heteroatoms. The molecule has 33 heavy (non-hydrogen) atoms. The molecule has 4 rings (SSSR count). The predicted molar refractivity (Wildman–Crippen MR) is 119 cm³/mol. The number of hydrogen-bond acceptors (Lipinski definition) is 6. The zero-order valence-electron chi connectivity index (χ0n) is 18.6. The molecule has 0 aliphatic heterocycles. The van der Waals surface area contributed by atoms with Gasteiger partial charge < -0.3 is 19.3 Å². The number of benzene rings is 2. The first-order chi connectivity index (χ1) is 15.9. The SMILES string of the molecule is COc1ccc(OC)c(-c2cc(C(=O)NC(C)c3cnn(-c4ccc(F)cc4)c3C)no2)c1. The number of methoxy groups -OCH3 is 2. The van der Waals surface area contributed by atoms with Crippen molar-refractivity contribution < 1.29 is 23.2 Å². The van der Waals surface area contributed by atoms with Gasteiger partial charge in [0.1, 0.15) is 17.3 Å². The van der Waals surface area contributed by atoms with Crippen LogP contribution >= 0.6 is 0 Å². The molecule has 170 valence electrons. The fourth-order valence-corrected chi connectivity index (χ4v) is 3.55. The van der Waals surface area contributed by atoms with Crippen molar-refractivity contribution in [2.75, 3.05) is 14.2 Å². The average molecular weight is 450 g/mol. The molecule has 8 nitrogen and oxygen atoms in total. The van der Waals surface area contributed by atoms with Crippen molar-refractivity contribution in [2.24, 2.45) is 0 Å². The van der Waals surface area contributed by atoms with Crippen molar-refractivity contribution >= 4 is 5.91 Å². The average Bonchev–Trinajstić information content (AvgIpc) is 3.46. The van der Waals surface area contributed by atoms with Gasteiger partial charge in [0.15, 0.2) is 11.5 Å². The zero-order valence-corrected chi connectivity index (χ0v) is 18.6. The highest BCUT2D eigenvalue weighted by atomic mass is 19.1. The van der Waals surface area contributed by atoms with E-state index >= 15 is 0 Å². The quantitative estimate of drug-likeness (QED) is 0.446. The van der Waals surface area contributed by atoms with Gasteiger partial charge >= 0.3 is 0 Å². The second-order valence-electron chi connectivity index (χ2n) is 7.41. The Morgan fingerprint density at radius 2 is 1.88 bits per heavy atom. The minimum Gasteiger partial charge on any atom is -0.497 e. The van der Waals surface area contributed by atoms with E-state index in [1.807, 2.05) is 13.8 Å². The van der Waals surface area contributed by atoms with E-state index in [-0.39, 0.29) is 17.6 Å². The van der Waals surface area contributed by atoms with E-state index in [2.05, 4.69) is 15.6 Å². The van der Waals surface area contributed by atoms with Gasteiger partial charge in [0.2, 0.25) is 0 Å². The first-order valence-corrected chi connectivity index (χ1v) is 10.2. The number of carbonyl (C=O) groups excluding carboxylic acids is 1. The molecule has 1 unspecified atom stereocenters. The van der Waals surface area contributed by atoms with Crippen LogP contribution in [0.3, 0.4) is 0 Å². The van der Waals surface area contributed by atoms with Gasteiger partial charge in [0.25, 0.3) is 5.91 Å². The molecule has 1 atom stereocenters. The van der Waals surface area contributed by atoms with Gasteiger partial charge in [-0.25, -0.2) is 9.07 Å².